The summed E-state index contributed by atoms with van der Waals surface area (Å²) in [5, 5.41) is 13.1. The largest absolute Gasteiger partial charge is 0.368 e. The normalized spacial score (nSPS) is 14.2. The average Bonchev–Trinajstić information content (AvgIpc) is 3.25. The van der Waals surface area contributed by atoms with Crippen molar-refractivity contribution in [1.29, 1.82) is 0 Å². The summed E-state index contributed by atoms with van der Waals surface area (Å²) < 4.78 is 2.21. The Morgan fingerprint density at radius 3 is 2.34 bits per heavy atom. The van der Waals surface area contributed by atoms with Gasteiger partial charge in [-0.1, -0.05) is 66.7 Å². The highest BCUT2D eigenvalue weighted by Gasteiger charge is 2.18. The van der Waals surface area contributed by atoms with Gasteiger partial charge in [0.1, 0.15) is 11.6 Å². The van der Waals surface area contributed by atoms with Gasteiger partial charge in [0.2, 0.25) is 11.9 Å². The Morgan fingerprint density at radius 2 is 1.57 bits per heavy atom. The van der Waals surface area contributed by atoms with Crippen LogP contribution in [-0.2, 0) is 18.8 Å². The Morgan fingerprint density at radius 1 is 0.829 bits per heavy atom. The minimum Gasteiger partial charge on any atom is -0.368 e. The van der Waals surface area contributed by atoms with Crippen molar-refractivity contribution in [1.82, 2.24) is 34.6 Å². The number of nitrogen functional groups attached to an aromatic ring is 1. The summed E-state index contributed by atoms with van der Waals surface area (Å²) in [6.07, 6.45) is 3.80. The Kier molecular flexibility index (Phi) is 7.50. The van der Waals surface area contributed by atoms with Gasteiger partial charge in [-0.15, -0.1) is 10.2 Å². The van der Waals surface area contributed by atoms with Crippen LogP contribution in [0.2, 0.25) is 0 Å². The number of piperidine rings is 1. The number of benzene rings is 2. The first-order chi connectivity index (χ1) is 17.2. The molecule has 180 valence electrons. The number of thioether (sulfide) groups is 1. The maximum atomic E-state index is 5.97. The van der Waals surface area contributed by atoms with Crippen LogP contribution in [0.15, 0.2) is 65.8 Å². The number of nitrogens with zero attached hydrogens (tertiary/aromatic N) is 7. The van der Waals surface area contributed by atoms with E-state index in [2.05, 4.69) is 64.2 Å². The zero-order valence-corrected chi connectivity index (χ0v) is 20.4. The van der Waals surface area contributed by atoms with Crippen molar-refractivity contribution in [3.63, 3.8) is 0 Å². The van der Waals surface area contributed by atoms with Crippen molar-refractivity contribution < 1.29 is 0 Å². The number of hydrogen-bond donors (Lipinski definition) is 2. The van der Waals surface area contributed by atoms with Crippen LogP contribution in [0.1, 0.15) is 36.5 Å². The van der Waals surface area contributed by atoms with E-state index in [9.17, 15) is 0 Å². The molecule has 35 heavy (non-hydrogen) atoms. The van der Waals surface area contributed by atoms with Crippen LogP contribution < -0.4 is 11.1 Å². The summed E-state index contributed by atoms with van der Waals surface area (Å²) >= 11 is 1.56. The molecule has 3 N–H and O–H groups in total. The number of anilines is 3. The average molecular weight is 488 g/mol. The molecule has 1 fully saturated rings. The summed E-state index contributed by atoms with van der Waals surface area (Å²) in [6.45, 7) is 3.76. The summed E-state index contributed by atoms with van der Waals surface area (Å²) in [5.41, 5.74) is 8.08. The van der Waals surface area contributed by atoms with Crippen LogP contribution in [0.3, 0.4) is 0 Å². The van der Waals surface area contributed by atoms with E-state index >= 15 is 0 Å². The second kappa shape index (κ2) is 11.3. The van der Waals surface area contributed by atoms with Gasteiger partial charge in [-0.05, 0) is 43.6 Å². The first-order valence-corrected chi connectivity index (χ1v) is 12.9. The summed E-state index contributed by atoms with van der Waals surface area (Å²) in [5.74, 6) is 2.70. The summed E-state index contributed by atoms with van der Waals surface area (Å²) in [4.78, 5) is 15.6. The Labute approximate surface area is 209 Å². The zero-order chi connectivity index (χ0) is 23.9. The molecular weight excluding hydrogens is 458 g/mol. The molecule has 3 heterocycles. The van der Waals surface area contributed by atoms with Crippen LogP contribution in [0.5, 0.6) is 0 Å². The van der Waals surface area contributed by atoms with Crippen LogP contribution in [-0.4, -0.2) is 47.7 Å². The fraction of sp³-hybridized carbons (Fsp3) is 0.320. The first kappa shape index (κ1) is 23.3. The third kappa shape index (κ3) is 6.34. The van der Waals surface area contributed by atoms with E-state index in [0.29, 0.717) is 17.5 Å². The van der Waals surface area contributed by atoms with Crippen LogP contribution in [0.4, 0.5) is 17.6 Å². The molecular formula is C25H29N9S. The number of rotatable bonds is 9. The summed E-state index contributed by atoms with van der Waals surface area (Å²) in [7, 11) is 0. The van der Waals surface area contributed by atoms with E-state index in [0.717, 1.165) is 42.8 Å². The predicted molar refractivity (Wildman–Crippen MR) is 138 cm³/mol. The molecule has 1 aliphatic rings. The molecule has 2 aromatic heterocycles. The molecule has 5 rings (SSSR count). The molecule has 0 amide bonds. The van der Waals surface area contributed by atoms with E-state index < -0.39 is 0 Å². The molecule has 4 aromatic rings. The molecule has 0 spiro atoms. The maximum Gasteiger partial charge on any atom is 0.232 e. The second-order valence-electron chi connectivity index (χ2n) is 8.52. The highest BCUT2D eigenvalue weighted by atomic mass is 32.2. The Bertz CT molecular complexity index is 1220. The quantitative estimate of drug-likeness (QED) is 0.337. The number of nitrogens with one attached hydrogen (secondary N) is 1. The highest BCUT2D eigenvalue weighted by Crippen LogP contribution is 2.24. The lowest BCUT2D eigenvalue weighted by Gasteiger charge is -2.26. The standard InChI is InChI=1S/C25H29N9S/c26-23-28-21(29-24(30-23)27-20-12-6-2-7-13-20)18-35-25-32-31-22(17-33-14-8-3-9-15-33)34(25)16-19-10-4-1-5-11-19/h1-2,4-7,10-13H,3,8-9,14-18H2,(H3,26,27,28,29,30). The molecule has 0 saturated carbocycles. The van der Waals surface area contributed by atoms with Crippen LogP contribution in [0, 0.1) is 0 Å². The fourth-order valence-electron chi connectivity index (χ4n) is 4.12. The van der Waals surface area contributed by atoms with Gasteiger partial charge < -0.3 is 15.6 Å². The second-order valence-corrected chi connectivity index (χ2v) is 9.46. The van der Waals surface area contributed by atoms with E-state index in [1.165, 1.54) is 24.8 Å². The van der Waals surface area contributed by atoms with E-state index in [4.69, 9.17) is 5.73 Å². The topological polar surface area (TPSA) is 111 Å². The third-order valence-corrected chi connectivity index (χ3v) is 6.81. The smallest absolute Gasteiger partial charge is 0.232 e. The van der Waals surface area contributed by atoms with E-state index in [1.54, 1.807) is 11.8 Å². The lowest BCUT2D eigenvalue weighted by atomic mass is 10.1. The van der Waals surface area contributed by atoms with E-state index in [1.807, 2.05) is 36.4 Å². The van der Waals surface area contributed by atoms with Crippen molar-refractivity contribution in [2.45, 2.75) is 43.3 Å². The van der Waals surface area contributed by atoms with Gasteiger partial charge in [0.05, 0.1) is 18.8 Å². The van der Waals surface area contributed by atoms with Gasteiger partial charge in [-0.25, -0.2) is 0 Å². The van der Waals surface area contributed by atoms with Gasteiger partial charge in [0, 0.05) is 5.69 Å². The number of hydrogen-bond acceptors (Lipinski definition) is 9. The van der Waals surface area contributed by atoms with Gasteiger partial charge in [-0.3, -0.25) is 4.90 Å². The number of aromatic nitrogens is 6. The molecule has 0 unspecified atom stereocenters. The monoisotopic (exact) mass is 487 g/mol. The van der Waals surface area contributed by atoms with Crippen molar-refractivity contribution in [2.24, 2.45) is 0 Å². The van der Waals surface area contributed by atoms with Gasteiger partial charge in [0.15, 0.2) is 5.16 Å². The highest BCUT2D eigenvalue weighted by molar-refractivity contribution is 7.98. The van der Waals surface area contributed by atoms with Crippen molar-refractivity contribution >= 4 is 29.3 Å². The van der Waals surface area contributed by atoms with Gasteiger partial charge in [-0.2, -0.15) is 15.0 Å². The number of para-hydroxylation sites is 1. The molecule has 9 nitrogen and oxygen atoms in total. The van der Waals surface area contributed by atoms with E-state index in [-0.39, 0.29) is 5.95 Å². The lowest BCUT2D eigenvalue weighted by molar-refractivity contribution is 0.213. The van der Waals surface area contributed by atoms with Gasteiger partial charge >= 0.3 is 0 Å². The Balaban J connectivity index is 1.33. The van der Waals surface area contributed by atoms with Gasteiger partial charge in [0.25, 0.3) is 0 Å². The Hall–Kier alpha value is -3.50. The SMILES string of the molecule is Nc1nc(CSc2nnc(CN3CCCCC3)n2Cc2ccccc2)nc(Nc2ccccc2)n1. The molecule has 10 heteroatoms. The molecule has 0 atom stereocenters. The zero-order valence-electron chi connectivity index (χ0n) is 19.5. The minimum atomic E-state index is 0.186. The molecule has 0 aliphatic carbocycles. The molecule has 1 saturated heterocycles. The van der Waals surface area contributed by atoms with Crippen LogP contribution in [0.25, 0.3) is 0 Å². The molecule has 2 aromatic carbocycles. The lowest BCUT2D eigenvalue weighted by Crippen LogP contribution is -2.30. The third-order valence-electron chi connectivity index (χ3n) is 5.85. The minimum absolute atomic E-state index is 0.186. The van der Waals surface area contributed by atoms with Crippen molar-refractivity contribution in [3.8, 4) is 0 Å². The predicted octanol–water partition coefficient (Wildman–Crippen LogP) is 4.12. The number of likely N-dealkylation sites (tertiary alicyclic amines) is 1. The van der Waals surface area contributed by atoms with Crippen molar-refractivity contribution in [3.05, 3.63) is 77.9 Å². The van der Waals surface area contributed by atoms with Crippen LogP contribution >= 0.6 is 11.8 Å². The fourth-order valence-corrected chi connectivity index (χ4v) is 4.93. The molecule has 0 radical (unpaired) electrons. The first-order valence-electron chi connectivity index (χ1n) is 11.9. The molecule has 1 aliphatic heterocycles. The van der Waals surface area contributed by atoms with Crippen molar-refractivity contribution in [2.75, 3.05) is 24.1 Å². The maximum absolute atomic E-state index is 5.97. The molecule has 0 bridgehead atoms. The summed E-state index contributed by atoms with van der Waals surface area (Å²) in [6, 6.07) is 20.2. The number of nitrogens with two attached hydrogens (primary N) is 1.